The zero-order chi connectivity index (χ0) is 26.9. The largest absolute Gasteiger partial charge is 0.0629 e. The van der Waals surface area contributed by atoms with Crippen molar-refractivity contribution in [2.24, 2.45) is 0 Å². The van der Waals surface area contributed by atoms with Crippen LogP contribution in [0.15, 0.2) is 121 Å². The summed E-state index contributed by atoms with van der Waals surface area (Å²) in [5.41, 5.74) is 1.93. The predicted molar refractivity (Wildman–Crippen MR) is 130 cm³/mol. The quantitative estimate of drug-likeness (QED) is 0.261. The van der Waals surface area contributed by atoms with Crippen molar-refractivity contribution in [2.75, 3.05) is 0 Å². The standard InChI is InChI=1S/C30H20/c1-2-11-22(12-3-1)29-25-14-6-8-16-27(25)30(28-17-9-7-15-26(28)29)24-19-18-21-10-4-5-13-23(21)20-24/h1-20H/i6D,7D,8D,9D,14D,15D,16D,17D. The van der Waals surface area contributed by atoms with Crippen molar-refractivity contribution in [3.8, 4) is 22.3 Å². The molecule has 0 amide bonds. The summed E-state index contributed by atoms with van der Waals surface area (Å²) in [6.07, 6.45) is 0. The topological polar surface area (TPSA) is 0 Å². The van der Waals surface area contributed by atoms with Crippen LogP contribution in [0.25, 0.3) is 54.6 Å². The Morgan fingerprint density at radius 2 is 0.933 bits per heavy atom. The van der Waals surface area contributed by atoms with Crippen LogP contribution in [0.4, 0.5) is 0 Å². The van der Waals surface area contributed by atoms with E-state index in [1.54, 1.807) is 24.3 Å². The Hall–Kier alpha value is -3.90. The summed E-state index contributed by atoms with van der Waals surface area (Å²) in [6, 6.07) is 19.7. The van der Waals surface area contributed by atoms with E-state index in [0.717, 1.165) is 10.8 Å². The van der Waals surface area contributed by atoms with Gasteiger partial charge in [0.05, 0.1) is 11.0 Å². The highest BCUT2D eigenvalue weighted by atomic mass is 14.2. The molecule has 0 heteroatoms. The first-order chi connectivity index (χ1) is 18.2. The highest BCUT2D eigenvalue weighted by Crippen LogP contribution is 2.43. The Bertz CT molecular complexity index is 1860. The van der Waals surface area contributed by atoms with Gasteiger partial charge in [0.15, 0.2) is 0 Å². The molecule has 0 atom stereocenters. The van der Waals surface area contributed by atoms with Crippen molar-refractivity contribution < 1.29 is 11.0 Å². The lowest BCUT2D eigenvalue weighted by atomic mass is 9.85. The molecule has 0 spiro atoms. The van der Waals surface area contributed by atoms with Gasteiger partial charge in [0.2, 0.25) is 0 Å². The van der Waals surface area contributed by atoms with Crippen molar-refractivity contribution in [1.29, 1.82) is 0 Å². The fraction of sp³-hybridized carbons (Fsp3) is 0. The van der Waals surface area contributed by atoms with Crippen molar-refractivity contribution in [1.82, 2.24) is 0 Å². The maximum Gasteiger partial charge on any atom is 0.0629 e. The van der Waals surface area contributed by atoms with Gasteiger partial charge in [-0.2, -0.15) is 0 Å². The third-order valence-electron chi connectivity index (χ3n) is 5.48. The summed E-state index contributed by atoms with van der Waals surface area (Å²) < 4.78 is 69.6. The molecular formula is C30H20. The van der Waals surface area contributed by atoms with Crippen LogP contribution in [0.2, 0.25) is 0 Å². The van der Waals surface area contributed by atoms with Gasteiger partial charge in [0.25, 0.3) is 0 Å². The number of benzene rings is 6. The molecule has 0 aliphatic carbocycles. The average Bonchev–Trinajstić information content (AvgIpc) is 2.95. The third-order valence-corrected chi connectivity index (χ3v) is 5.48. The molecule has 0 N–H and O–H groups in total. The van der Waals surface area contributed by atoms with Crippen LogP contribution < -0.4 is 0 Å². The van der Waals surface area contributed by atoms with Crippen molar-refractivity contribution in [3.05, 3.63) is 121 Å². The summed E-state index contributed by atoms with van der Waals surface area (Å²) >= 11 is 0. The maximum atomic E-state index is 8.95. The van der Waals surface area contributed by atoms with Crippen molar-refractivity contribution >= 4 is 32.3 Å². The lowest BCUT2D eigenvalue weighted by Gasteiger charge is -2.18. The van der Waals surface area contributed by atoms with Gasteiger partial charge in [-0.05, 0) is 60.6 Å². The van der Waals surface area contributed by atoms with Gasteiger partial charge in [-0.1, -0.05) is 115 Å². The van der Waals surface area contributed by atoms with Crippen LogP contribution in [0, 0.1) is 0 Å². The molecule has 0 bridgehead atoms. The minimum absolute atomic E-state index is 0.225. The molecule has 140 valence electrons. The Kier molecular flexibility index (Phi) is 2.46. The van der Waals surface area contributed by atoms with E-state index in [1.165, 1.54) is 0 Å². The lowest BCUT2D eigenvalue weighted by Crippen LogP contribution is -1.90. The van der Waals surface area contributed by atoms with E-state index in [1.807, 2.05) is 48.5 Å². The first kappa shape index (κ1) is 10.8. The average molecular weight is 389 g/mol. The zero-order valence-corrected chi connectivity index (χ0v) is 15.9. The van der Waals surface area contributed by atoms with Crippen LogP contribution in [0.3, 0.4) is 0 Å². The van der Waals surface area contributed by atoms with Crippen LogP contribution in [-0.4, -0.2) is 0 Å². The summed E-state index contributed by atoms with van der Waals surface area (Å²) in [7, 11) is 0. The summed E-state index contributed by atoms with van der Waals surface area (Å²) in [5, 5.41) is 2.78. The molecule has 0 saturated heterocycles. The van der Waals surface area contributed by atoms with Crippen molar-refractivity contribution in [2.45, 2.75) is 0 Å². The van der Waals surface area contributed by atoms with Crippen molar-refractivity contribution in [3.63, 3.8) is 0 Å². The molecule has 30 heavy (non-hydrogen) atoms. The Labute approximate surface area is 187 Å². The highest BCUT2D eigenvalue weighted by molar-refractivity contribution is 6.21. The van der Waals surface area contributed by atoms with E-state index in [4.69, 9.17) is 11.0 Å². The number of hydrogen-bond donors (Lipinski definition) is 0. The first-order valence-electron chi connectivity index (χ1n) is 13.7. The molecule has 0 nitrogen and oxygen atoms in total. The number of hydrogen-bond acceptors (Lipinski definition) is 0. The summed E-state index contributed by atoms with van der Waals surface area (Å²) in [5.74, 6) is 0. The second-order valence-corrected chi connectivity index (χ2v) is 7.18. The van der Waals surface area contributed by atoms with Crippen LogP contribution >= 0.6 is 0 Å². The Balaban J connectivity index is 2.00. The fourth-order valence-electron chi connectivity index (χ4n) is 4.15. The van der Waals surface area contributed by atoms with E-state index >= 15 is 0 Å². The molecule has 0 aliphatic heterocycles. The van der Waals surface area contributed by atoms with Gasteiger partial charge in [-0.15, -0.1) is 0 Å². The molecule has 6 aromatic rings. The normalized spacial score (nSPS) is 15.1. The third kappa shape index (κ3) is 2.62. The molecule has 0 aliphatic rings. The molecular weight excluding hydrogens is 360 g/mol. The zero-order valence-electron chi connectivity index (χ0n) is 23.9. The minimum Gasteiger partial charge on any atom is -0.0622 e. The number of rotatable bonds is 2. The van der Waals surface area contributed by atoms with Crippen LogP contribution in [0.1, 0.15) is 11.0 Å². The lowest BCUT2D eigenvalue weighted by molar-refractivity contribution is 1.66. The molecule has 0 radical (unpaired) electrons. The van der Waals surface area contributed by atoms with E-state index in [-0.39, 0.29) is 45.7 Å². The smallest absolute Gasteiger partial charge is 0.0622 e. The van der Waals surface area contributed by atoms with E-state index in [0.29, 0.717) is 22.3 Å². The number of fused-ring (bicyclic) bond motifs is 3. The summed E-state index contributed by atoms with van der Waals surface area (Å²) in [6.45, 7) is 0. The van der Waals surface area contributed by atoms with E-state index in [9.17, 15) is 0 Å². The second-order valence-electron chi connectivity index (χ2n) is 7.18. The Morgan fingerprint density at radius 3 is 1.53 bits per heavy atom. The van der Waals surface area contributed by atoms with Crippen LogP contribution in [-0.2, 0) is 0 Å². The van der Waals surface area contributed by atoms with Gasteiger partial charge < -0.3 is 0 Å². The van der Waals surface area contributed by atoms with Crippen LogP contribution in [0.5, 0.6) is 0 Å². The molecule has 0 unspecified atom stereocenters. The summed E-state index contributed by atoms with van der Waals surface area (Å²) in [4.78, 5) is 0. The van der Waals surface area contributed by atoms with E-state index in [2.05, 4.69) is 0 Å². The minimum atomic E-state index is -0.399. The second kappa shape index (κ2) is 6.86. The Morgan fingerprint density at radius 1 is 0.433 bits per heavy atom. The molecule has 0 saturated carbocycles. The molecule has 6 rings (SSSR count). The molecule has 0 fully saturated rings. The van der Waals surface area contributed by atoms with E-state index < -0.39 is 24.2 Å². The van der Waals surface area contributed by atoms with Gasteiger partial charge in [-0.25, -0.2) is 0 Å². The molecule has 6 aromatic carbocycles. The predicted octanol–water partition coefficient (Wildman–Crippen LogP) is 8.48. The van der Waals surface area contributed by atoms with Gasteiger partial charge in [-0.3, -0.25) is 0 Å². The highest BCUT2D eigenvalue weighted by Gasteiger charge is 2.16. The molecule has 0 aromatic heterocycles. The first-order valence-corrected chi connectivity index (χ1v) is 9.73. The molecule has 0 heterocycles. The fourth-order valence-corrected chi connectivity index (χ4v) is 4.15. The SMILES string of the molecule is [2H]c1c([2H])c([2H])c2c(-c3ccc4ccccc4c3)c3c([2H])c([2H])c([2H])c([2H])c3c(-c3ccccc3)c2c1[2H]. The van der Waals surface area contributed by atoms with Gasteiger partial charge >= 0.3 is 0 Å². The van der Waals surface area contributed by atoms with Gasteiger partial charge in [0, 0.05) is 0 Å². The maximum absolute atomic E-state index is 8.95. The van der Waals surface area contributed by atoms with Gasteiger partial charge in [0.1, 0.15) is 0 Å². The monoisotopic (exact) mass is 388 g/mol.